The number of aryl methyl sites for hydroxylation is 1. The number of carbonyl (C=O) groups is 2. The van der Waals surface area contributed by atoms with Crippen LogP contribution in [0.5, 0.6) is 0 Å². The number of hydrogen-bond acceptors (Lipinski definition) is 4. The van der Waals surface area contributed by atoms with Gasteiger partial charge in [0.2, 0.25) is 0 Å². The zero-order valence-electron chi connectivity index (χ0n) is 17.0. The number of carbonyl (C=O) groups excluding carboxylic acids is 2. The Morgan fingerprint density at radius 3 is 2.57 bits per heavy atom. The molecule has 0 saturated heterocycles. The van der Waals surface area contributed by atoms with Crippen molar-refractivity contribution in [3.05, 3.63) is 72.6 Å². The van der Waals surface area contributed by atoms with Crippen molar-refractivity contribution in [1.82, 2.24) is 9.55 Å². The van der Waals surface area contributed by atoms with E-state index in [2.05, 4.69) is 33.9 Å². The van der Waals surface area contributed by atoms with Crippen LogP contribution in [0, 0.1) is 0 Å². The van der Waals surface area contributed by atoms with Crippen LogP contribution in [-0.2, 0) is 16.1 Å². The maximum Gasteiger partial charge on any atom is 0.340 e. The van der Waals surface area contributed by atoms with Crippen molar-refractivity contribution in [2.45, 2.75) is 32.9 Å². The second-order valence-corrected chi connectivity index (χ2v) is 7.03. The molecule has 152 valence electrons. The van der Waals surface area contributed by atoms with Crippen LogP contribution in [0.25, 0.3) is 21.8 Å². The number of nitrogens with zero attached hydrogens (tertiary/aromatic N) is 2. The molecule has 0 radical (unpaired) electrons. The van der Waals surface area contributed by atoms with Gasteiger partial charge in [-0.2, -0.15) is 0 Å². The normalized spacial score (nSPS) is 12.1. The van der Waals surface area contributed by atoms with Gasteiger partial charge in [-0.3, -0.25) is 9.78 Å². The number of hydrogen-bond donors (Lipinski definition) is 1. The SMILES string of the molecule is CCC(OC(=O)c1cccnc1)C(=O)Nc1ccc2c(c1)c1ccccc1n2CC. The van der Waals surface area contributed by atoms with E-state index in [9.17, 15) is 9.59 Å². The van der Waals surface area contributed by atoms with Gasteiger partial charge in [0.1, 0.15) is 0 Å². The quantitative estimate of drug-likeness (QED) is 0.472. The van der Waals surface area contributed by atoms with E-state index in [0.29, 0.717) is 17.7 Å². The predicted octanol–water partition coefficient (Wildman–Crippen LogP) is 4.78. The Balaban J connectivity index is 1.57. The lowest BCUT2D eigenvalue weighted by molar-refractivity contribution is -0.124. The van der Waals surface area contributed by atoms with Crippen molar-refractivity contribution in [3.8, 4) is 0 Å². The standard InChI is InChI=1S/C24H23N3O3/c1-3-22(30-24(29)16-8-7-13-25-15-16)23(28)26-17-11-12-21-19(14-17)18-9-5-6-10-20(18)27(21)4-2/h5-15,22H,3-4H2,1-2H3,(H,26,28). The Hall–Kier alpha value is -3.67. The highest BCUT2D eigenvalue weighted by molar-refractivity contribution is 6.10. The highest BCUT2D eigenvalue weighted by Gasteiger charge is 2.22. The molecule has 0 fully saturated rings. The average Bonchev–Trinajstić information content (AvgIpc) is 3.10. The Kier molecular flexibility index (Phi) is 5.48. The minimum Gasteiger partial charge on any atom is -0.449 e. The van der Waals surface area contributed by atoms with E-state index in [4.69, 9.17) is 4.74 Å². The third-order valence-corrected chi connectivity index (χ3v) is 5.17. The Morgan fingerprint density at radius 1 is 1.03 bits per heavy atom. The predicted molar refractivity (Wildman–Crippen MR) is 117 cm³/mol. The van der Waals surface area contributed by atoms with E-state index in [1.807, 2.05) is 30.3 Å². The number of amides is 1. The molecule has 4 rings (SSSR count). The van der Waals surface area contributed by atoms with Crippen molar-refractivity contribution < 1.29 is 14.3 Å². The number of fused-ring (bicyclic) bond motifs is 3. The summed E-state index contributed by atoms with van der Waals surface area (Å²) in [5, 5.41) is 5.11. The van der Waals surface area contributed by atoms with Gasteiger partial charge in [0.15, 0.2) is 6.10 Å². The van der Waals surface area contributed by atoms with Crippen LogP contribution in [0.4, 0.5) is 5.69 Å². The first-order chi connectivity index (χ1) is 14.6. The Morgan fingerprint density at radius 2 is 1.83 bits per heavy atom. The molecular weight excluding hydrogens is 378 g/mol. The molecular formula is C24H23N3O3. The molecule has 0 spiro atoms. The average molecular weight is 401 g/mol. The van der Waals surface area contributed by atoms with Crippen LogP contribution in [-0.4, -0.2) is 27.5 Å². The van der Waals surface area contributed by atoms with E-state index in [1.54, 1.807) is 25.3 Å². The minimum atomic E-state index is -0.884. The summed E-state index contributed by atoms with van der Waals surface area (Å²) in [6, 6.07) is 17.3. The maximum absolute atomic E-state index is 12.8. The molecule has 30 heavy (non-hydrogen) atoms. The third kappa shape index (κ3) is 3.64. The van der Waals surface area contributed by atoms with Gasteiger partial charge < -0.3 is 14.6 Å². The molecule has 4 aromatic rings. The highest BCUT2D eigenvalue weighted by atomic mass is 16.5. The first-order valence-electron chi connectivity index (χ1n) is 10.0. The van der Waals surface area contributed by atoms with Crippen LogP contribution in [0.15, 0.2) is 67.0 Å². The van der Waals surface area contributed by atoms with Gasteiger partial charge in [-0.05, 0) is 49.7 Å². The van der Waals surface area contributed by atoms with Crippen molar-refractivity contribution in [3.63, 3.8) is 0 Å². The lowest BCUT2D eigenvalue weighted by Crippen LogP contribution is -2.32. The molecule has 2 aromatic heterocycles. The summed E-state index contributed by atoms with van der Waals surface area (Å²) in [4.78, 5) is 29.0. The number of nitrogens with one attached hydrogen (secondary N) is 1. The van der Waals surface area contributed by atoms with Gasteiger partial charge in [-0.1, -0.05) is 25.1 Å². The first kappa shape index (κ1) is 19.6. The number of benzene rings is 2. The third-order valence-electron chi connectivity index (χ3n) is 5.17. The zero-order valence-corrected chi connectivity index (χ0v) is 17.0. The van der Waals surface area contributed by atoms with Crippen LogP contribution >= 0.6 is 0 Å². The van der Waals surface area contributed by atoms with Crippen LogP contribution < -0.4 is 5.32 Å². The largest absolute Gasteiger partial charge is 0.449 e. The fraction of sp³-hybridized carbons (Fsp3) is 0.208. The second-order valence-electron chi connectivity index (χ2n) is 7.03. The topological polar surface area (TPSA) is 73.2 Å². The molecule has 1 unspecified atom stereocenters. The van der Waals surface area contributed by atoms with Gasteiger partial charge >= 0.3 is 5.97 Å². The van der Waals surface area contributed by atoms with E-state index in [-0.39, 0.29) is 5.91 Å². The van der Waals surface area contributed by atoms with Crippen LogP contribution in [0.1, 0.15) is 30.6 Å². The molecule has 0 saturated carbocycles. The second kappa shape index (κ2) is 8.37. The summed E-state index contributed by atoms with van der Waals surface area (Å²) in [6.07, 6.45) is 2.48. The minimum absolute atomic E-state index is 0.317. The molecule has 1 atom stereocenters. The number of anilines is 1. The summed E-state index contributed by atoms with van der Waals surface area (Å²) in [7, 11) is 0. The number of para-hydroxylation sites is 1. The summed E-state index contributed by atoms with van der Waals surface area (Å²) in [5.41, 5.74) is 3.27. The van der Waals surface area contributed by atoms with Gasteiger partial charge in [-0.25, -0.2) is 4.79 Å². The van der Waals surface area contributed by atoms with Gasteiger partial charge in [0.25, 0.3) is 5.91 Å². The van der Waals surface area contributed by atoms with E-state index in [1.165, 1.54) is 6.20 Å². The lowest BCUT2D eigenvalue weighted by Gasteiger charge is -2.16. The molecule has 2 aromatic carbocycles. The van der Waals surface area contributed by atoms with Crippen molar-refractivity contribution in [2.24, 2.45) is 0 Å². The van der Waals surface area contributed by atoms with Crippen molar-refractivity contribution in [1.29, 1.82) is 0 Å². The Bertz CT molecular complexity index is 1210. The number of ether oxygens (including phenoxy) is 1. The monoisotopic (exact) mass is 401 g/mol. The van der Waals surface area contributed by atoms with E-state index in [0.717, 1.165) is 28.4 Å². The lowest BCUT2D eigenvalue weighted by atomic mass is 10.1. The van der Waals surface area contributed by atoms with Crippen molar-refractivity contribution in [2.75, 3.05) is 5.32 Å². The fourth-order valence-electron chi connectivity index (χ4n) is 3.70. The zero-order chi connectivity index (χ0) is 21.1. The molecule has 0 bridgehead atoms. The highest BCUT2D eigenvalue weighted by Crippen LogP contribution is 2.31. The van der Waals surface area contributed by atoms with E-state index >= 15 is 0 Å². The van der Waals surface area contributed by atoms with Crippen LogP contribution in [0.3, 0.4) is 0 Å². The first-order valence-corrected chi connectivity index (χ1v) is 10.0. The van der Waals surface area contributed by atoms with Gasteiger partial charge in [0, 0.05) is 46.4 Å². The summed E-state index contributed by atoms with van der Waals surface area (Å²) >= 11 is 0. The molecule has 6 nitrogen and oxygen atoms in total. The van der Waals surface area contributed by atoms with Gasteiger partial charge in [-0.15, -0.1) is 0 Å². The summed E-state index contributed by atoms with van der Waals surface area (Å²) in [6.45, 7) is 4.78. The summed E-state index contributed by atoms with van der Waals surface area (Å²) < 4.78 is 7.65. The molecule has 6 heteroatoms. The molecule has 2 heterocycles. The van der Waals surface area contributed by atoms with Gasteiger partial charge in [0.05, 0.1) is 5.56 Å². The molecule has 0 aliphatic carbocycles. The van der Waals surface area contributed by atoms with Crippen molar-refractivity contribution >= 4 is 39.4 Å². The molecule has 1 N–H and O–H groups in total. The van der Waals surface area contributed by atoms with Crippen LogP contribution in [0.2, 0.25) is 0 Å². The Labute approximate surface area is 174 Å². The maximum atomic E-state index is 12.8. The molecule has 1 amide bonds. The smallest absolute Gasteiger partial charge is 0.340 e. The number of pyridine rings is 1. The molecule has 0 aliphatic heterocycles. The number of aromatic nitrogens is 2. The summed E-state index contributed by atoms with van der Waals surface area (Å²) in [5.74, 6) is -0.917. The number of esters is 1. The fourth-order valence-corrected chi connectivity index (χ4v) is 3.70. The van der Waals surface area contributed by atoms with E-state index < -0.39 is 12.1 Å². The molecule has 0 aliphatic rings. The number of rotatable bonds is 6.